The number of anilines is 1. The van der Waals surface area contributed by atoms with E-state index >= 15 is 0 Å². The summed E-state index contributed by atoms with van der Waals surface area (Å²) in [4.78, 5) is 25.0. The number of piperidine rings is 1. The lowest BCUT2D eigenvalue weighted by atomic mass is 9.91. The number of carbonyl (C=O) groups excluding carboxylic acids is 2. The van der Waals surface area contributed by atoms with E-state index < -0.39 is 29.2 Å². The van der Waals surface area contributed by atoms with Gasteiger partial charge in [0.05, 0.1) is 24.1 Å². The van der Waals surface area contributed by atoms with E-state index in [0.717, 1.165) is 11.0 Å². The predicted octanol–water partition coefficient (Wildman–Crippen LogP) is 2.19. The Hall–Kier alpha value is -2.29. The number of ketones is 1. The molecule has 1 fully saturated rings. The molecule has 2 rings (SSSR count). The number of Topliss-reactive ketones (excluding diaryl/α,β-unsaturated/α-hetero) is 1. The van der Waals surface area contributed by atoms with Gasteiger partial charge in [-0.2, -0.15) is 5.26 Å². The lowest BCUT2D eigenvalue weighted by Crippen LogP contribution is -2.44. The molecule has 1 aromatic rings. The monoisotopic (exact) mass is 278 g/mol. The van der Waals surface area contributed by atoms with Crippen molar-refractivity contribution in [2.75, 3.05) is 11.4 Å². The largest absolute Gasteiger partial charge is 0.309 e. The quantitative estimate of drug-likeness (QED) is 0.796. The van der Waals surface area contributed by atoms with Gasteiger partial charge in [0.25, 0.3) is 0 Å². The summed E-state index contributed by atoms with van der Waals surface area (Å²) in [5.41, 5.74) is -0.163. The Balaban J connectivity index is 2.29. The van der Waals surface area contributed by atoms with Gasteiger partial charge in [-0.15, -0.1) is 0 Å². The summed E-state index contributed by atoms with van der Waals surface area (Å²) in [7, 11) is 0. The fourth-order valence-corrected chi connectivity index (χ4v) is 2.32. The summed E-state index contributed by atoms with van der Waals surface area (Å²) >= 11 is 0. The minimum atomic E-state index is -1.10. The van der Waals surface area contributed by atoms with Crippen LogP contribution in [0.5, 0.6) is 0 Å². The molecular weight excluding hydrogens is 266 g/mol. The lowest BCUT2D eigenvalue weighted by molar-refractivity contribution is -0.133. The molecule has 20 heavy (non-hydrogen) atoms. The van der Waals surface area contributed by atoms with Crippen LogP contribution in [0.25, 0.3) is 0 Å². The molecule has 6 heteroatoms. The van der Waals surface area contributed by atoms with E-state index in [2.05, 4.69) is 0 Å². The molecule has 1 amide bonds. The standard InChI is InChI=1S/C14H12F2N2O2/c15-10-4-1-5-11(13(10)16)18-8-2-3-9(14(18)20)12(19)6-7-17/h1,4-5,9H,2-3,6,8H2/t9-/m1/s1. The second kappa shape index (κ2) is 5.78. The molecule has 0 N–H and O–H groups in total. The average Bonchev–Trinajstić information content (AvgIpc) is 2.43. The molecule has 0 unspecified atom stereocenters. The lowest BCUT2D eigenvalue weighted by Gasteiger charge is -2.31. The predicted molar refractivity (Wildman–Crippen MR) is 66.7 cm³/mol. The van der Waals surface area contributed by atoms with Crippen molar-refractivity contribution >= 4 is 17.4 Å². The molecule has 1 aromatic carbocycles. The van der Waals surface area contributed by atoms with Crippen LogP contribution in [0.4, 0.5) is 14.5 Å². The smallest absolute Gasteiger partial charge is 0.237 e. The highest BCUT2D eigenvalue weighted by Crippen LogP contribution is 2.28. The van der Waals surface area contributed by atoms with E-state index in [9.17, 15) is 18.4 Å². The van der Waals surface area contributed by atoms with E-state index in [1.165, 1.54) is 12.1 Å². The SMILES string of the molecule is N#CCC(=O)[C@H]1CCCN(c2cccc(F)c2F)C1=O. The molecule has 1 atom stereocenters. The van der Waals surface area contributed by atoms with Crippen LogP contribution in [0.3, 0.4) is 0 Å². The zero-order chi connectivity index (χ0) is 14.7. The maximum atomic E-state index is 13.7. The second-order valence-corrected chi connectivity index (χ2v) is 4.56. The van der Waals surface area contributed by atoms with Crippen LogP contribution < -0.4 is 4.90 Å². The van der Waals surface area contributed by atoms with Gasteiger partial charge in [0.15, 0.2) is 17.4 Å². The van der Waals surface area contributed by atoms with Gasteiger partial charge >= 0.3 is 0 Å². The van der Waals surface area contributed by atoms with Gasteiger partial charge in [-0.1, -0.05) is 6.07 Å². The number of carbonyl (C=O) groups is 2. The Labute approximate surface area is 114 Å². The van der Waals surface area contributed by atoms with E-state index in [-0.39, 0.29) is 18.7 Å². The van der Waals surface area contributed by atoms with Gasteiger partial charge in [-0.25, -0.2) is 8.78 Å². The van der Waals surface area contributed by atoms with E-state index in [1.54, 1.807) is 6.07 Å². The fourth-order valence-electron chi connectivity index (χ4n) is 2.32. The van der Waals surface area contributed by atoms with Gasteiger partial charge in [-0.05, 0) is 25.0 Å². The van der Waals surface area contributed by atoms with Crippen molar-refractivity contribution < 1.29 is 18.4 Å². The molecule has 1 aliphatic heterocycles. The van der Waals surface area contributed by atoms with E-state index in [0.29, 0.717) is 12.8 Å². The third-order valence-corrected chi connectivity index (χ3v) is 3.30. The average molecular weight is 278 g/mol. The van der Waals surface area contributed by atoms with Crippen molar-refractivity contribution in [3.8, 4) is 6.07 Å². The maximum Gasteiger partial charge on any atom is 0.237 e. The van der Waals surface area contributed by atoms with E-state index in [4.69, 9.17) is 5.26 Å². The Kier molecular flexibility index (Phi) is 4.08. The summed E-state index contributed by atoms with van der Waals surface area (Å²) < 4.78 is 26.9. The van der Waals surface area contributed by atoms with Gasteiger partial charge < -0.3 is 4.90 Å². The summed E-state index contributed by atoms with van der Waals surface area (Å²) in [6.07, 6.45) is 0.492. The number of hydrogen-bond acceptors (Lipinski definition) is 3. The zero-order valence-electron chi connectivity index (χ0n) is 10.6. The van der Waals surface area contributed by atoms with E-state index in [1.807, 2.05) is 0 Å². The molecule has 0 saturated carbocycles. The molecule has 1 saturated heterocycles. The molecule has 0 bridgehead atoms. The highest BCUT2D eigenvalue weighted by Gasteiger charge is 2.35. The fraction of sp³-hybridized carbons (Fsp3) is 0.357. The number of amides is 1. The van der Waals surface area contributed by atoms with Gasteiger partial charge in [0.1, 0.15) is 0 Å². The molecule has 104 valence electrons. The van der Waals surface area contributed by atoms with Crippen molar-refractivity contribution in [2.45, 2.75) is 19.3 Å². The minimum Gasteiger partial charge on any atom is -0.309 e. The first-order valence-corrected chi connectivity index (χ1v) is 6.21. The van der Waals surface area contributed by atoms with Crippen LogP contribution in [0, 0.1) is 28.9 Å². The highest BCUT2D eigenvalue weighted by atomic mass is 19.2. The minimum absolute atomic E-state index is 0.163. The number of halogens is 2. The molecule has 0 aromatic heterocycles. The number of rotatable bonds is 3. The normalized spacial score (nSPS) is 18.8. The summed E-state index contributed by atoms with van der Waals surface area (Å²) in [5.74, 6) is -4.12. The number of benzene rings is 1. The summed E-state index contributed by atoms with van der Waals surface area (Å²) in [6, 6.07) is 5.28. The van der Waals surface area contributed by atoms with Gasteiger partial charge in [0, 0.05) is 6.54 Å². The number of nitriles is 1. The third-order valence-electron chi connectivity index (χ3n) is 3.30. The van der Waals surface area contributed by atoms with Crippen LogP contribution >= 0.6 is 0 Å². The van der Waals surface area contributed by atoms with Crippen molar-refractivity contribution in [1.82, 2.24) is 0 Å². The van der Waals surface area contributed by atoms with Crippen molar-refractivity contribution in [1.29, 1.82) is 5.26 Å². The molecule has 1 aliphatic rings. The van der Waals surface area contributed by atoms with Crippen molar-refractivity contribution in [2.24, 2.45) is 5.92 Å². The van der Waals surface area contributed by atoms with Crippen molar-refractivity contribution in [3.63, 3.8) is 0 Å². The topological polar surface area (TPSA) is 61.2 Å². The Bertz CT molecular complexity index is 595. The van der Waals surface area contributed by atoms with Crippen LogP contribution in [-0.2, 0) is 9.59 Å². The molecule has 1 heterocycles. The number of nitrogens with zero attached hydrogens (tertiary/aromatic N) is 2. The molecule has 0 spiro atoms. The molecule has 0 aliphatic carbocycles. The Morgan fingerprint density at radius 1 is 1.45 bits per heavy atom. The number of hydrogen-bond donors (Lipinski definition) is 0. The third kappa shape index (κ3) is 2.52. The van der Waals surface area contributed by atoms with Gasteiger partial charge in [0.2, 0.25) is 5.91 Å². The Morgan fingerprint density at radius 3 is 2.90 bits per heavy atom. The first kappa shape index (κ1) is 14.1. The van der Waals surface area contributed by atoms with Gasteiger partial charge in [-0.3, -0.25) is 9.59 Å². The summed E-state index contributed by atoms with van der Waals surface area (Å²) in [6.45, 7) is 0.232. The Morgan fingerprint density at radius 2 is 2.20 bits per heavy atom. The maximum absolute atomic E-state index is 13.7. The molecule has 0 radical (unpaired) electrons. The van der Waals surface area contributed by atoms with Crippen LogP contribution in [0.1, 0.15) is 19.3 Å². The molecular formula is C14H12F2N2O2. The summed E-state index contributed by atoms with van der Waals surface area (Å²) in [5, 5.41) is 8.51. The van der Waals surface area contributed by atoms with Crippen molar-refractivity contribution in [3.05, 3.63) is 29.8 Å². The zero-order valence-corrected chi connectivity index (χ0v) is 10.6. The second-order valence-electron chi connectivity index (χ2n) is 4.56. The molecule has 4 nitrogen and oxygen atoms in total. The van der Waals surface area contributed by atoms with Crippen LogP contribution in [0.15, 0.2) is 18.2 Å². The van der Waals surface area contributed by atoms with Crippen LogP contribution in [-0.4, -0.2) is 18.2 Å². The highest BCUT2D eigenvalue weighted by molar-refractivity contribution is 6.09. The first-order chi connectivity index (χ1) is 9.56. The van der Waals surface area contributed by atoms with Crippen LogP contribution in [0.2, 0.25) is 0 Å². The first-order valence-electron chi connectivity index (χ1n) is 6.21.